The number of carbonyl (C=O) groups excluding carboxylic acids is 1. The van der Waals surface area contributed by atoms with Crippen LogP contribution < -0.4 is 10.6 Å². The number of nitrogens with zero attached hydrogens (tertiary/aromatic N) is 2. The van der Waals surface area contributed by atoms with Crippen LogP contribution in [0.3, 0.4) is 0 Å². The summed E-state index contributed by atoms with van der Waals surface area (Å²) in [5, 5.41) is 26.6. The van der Waals surface area contributed by atoms with E-state index in [2.05, 4.69) is 49.5 Å². The lowest BCUT2D eigenvalue weighted by Crippen LogP contribution is -2.53. The predicted octanol–water partition coefficient (Wildman–Crippen LogP) is 5.96. The Kier molecular flexibility index (Phi) is 9.52. The van der Waals surface area contributed by atoms with Crippen molar-refractivity contribution in [2.45, 2.75) is 103 Å². The van der Waals surface area contributed by atoms with Crippen LogP contribution in [0.2, 0.25) is 23.2 Å². The molecule has 0 saturated heterocycles. The molecule has 1 atom stereocenters. The van der Waals surface area contributed by atoms with Gasteiger partial charge >= 0.3 is 12.1 Å². The number of carboxylic acid groups (broad SMARTS) is 1. The number of rotatable bonds is 9. The van der Waals surface area contributed by atoms with Crippen molar-refractivity contribution in [3.05, 3.63) is 38.9 Å². The summed E-state index contributed by atoms with van der Waals surface area (Å²) in [6.45, 7) is 17.6. The highest BCUT2D eigenvalue weighted by atomic mass is 35.5. The third-order valence-corrected chi connectivity index (χ3v) is 11.9. The van der Waals surface area contributed by atoms with Crippen molar-refractivity contribution in [2.75, 3.05) is 6.54 Å². The van der Waals surface area contributed by atoms with Gasteiger partial charge in [-0.25, -0.2) is 9.79 Å². The van der Waals surface area contributed by atoms with Gasteiger partial charge in [0, 0.05) is 11.6 Å². The average molecular weight is 585 g/mol. The maximum atomic E-state index is 12.7. The number of ether oxygens (including phenoxy) is 1. The second-order valence-electron chi connectivity index (χ2n) is 12.8. The Labute approximate surface area is 236 Å². The summed E-state index contributed by atoms with van der Waals surface area (Å²) >= 11 is 6.38. The molecular weight excluding hydrogens is 544 g/mol. The maximum absolute atomic E-state index is 12.7. The van der Waals surface area contributed by atoms with Crippen LogP contribution in [0.1, 0.15) is 73.3 Å². The fourth-order valence-corrected chi connectivity index (χ4v) is 5.78. The van der Waals surface area contributed by atoms with E-state index in [9.17, 15) is 24.8 Å². The molecule has 11 nitrogen and oxygen atoms in total. The molecule has 13 heteroatoms. The third-order valence-electron chi connectivity index (χ3n) is 6.90. The summed E-state index contributed by atoms with van der Waals surface area (Å²) in [5.41, 5.74) is -2.98. The van der Waals surface area contributed by atoms with Gasteiger partial charge in [0.15, 0.2) is 8.32 Å². The van der Waals surface area contributed by atoms with Crippen molar-refractivity contribution in [2.24, 2.45) is 4.99 Å². The second-order valence-corrected chi connectivity index (χ2v) is 17.9. The molecule has 1 aromatic rings. The smallest absolute Gasteiger partial charge is 0.414 e. The highest BCUT2D eigenvalue weighted by Gasteiger charge is 2.51. The number of nitrogens with one attached hydrogen (secondary N) is 2. The first-order chi connectivity index (χ1) is 17.6. The van der Waals surface area contributed by atoms with Crippen molar-refractivity contribution in [3.8, 4) is 0 Å². The lowest BCUT2D eigenvalue weighted by atomic mass is 9.88. The summed E-state index contributed by atoms with van der Waals surface area (Å²) in [6.07, 6.45) is 0.276. The molecule has 0 spiro atoms. The van der Waals surface area contributed by atoms with E-state index in [1.807, 2.05) is 0 Å². The number of carboxylic acids is 1. The molecule has 0 aromatic heterocycles. The SMILES string of the molecule is CC(C)(C)OC(=O)NC(=NCC1(O[Si](C)(C)C(C)(C)C)CC1)N[C@@](C)(CC(=O)O)c1cccc([N+](=O)[O-])c1Cl. The standard InChI is InChI=1S/C26H41ClN4O7Si/c1-23(2,3)37-22(34)29-21(28-16-26(13-14-26)38-39(8,9)24(4,5)6)30-25(7,15-19(32)33)17-11-10-12-18(20(17)27)31(35)36/h10-12H,13-16H2,1-9H3,(H,32,33)(H2,28,29,30,34)/t25-/m0/s1. The number of guanidine groups is 1. The summed E-state index contributed by atoms with van der Waals surface area (Å²) in [4.78, 5) is 40.1. The zero-order chi connectivity index (χ0) is 30.0. The normalized spacial score (nSPS) is 17.1. The molecule has 0 bridgehead atoms. The highest BCUT2D eigenvalue weighted by molar-refractivity contribution is 6.74. The van der Waals surface area contributed by atoms with E-state index in [1.54, 1.807) is 20.8 Å². The van der Waals surface area contributed by atoms with E-state index in [1.165, 1.54) is 25.1 Å². The molecule has 1 saturated carbocycles. The Morgan fingerprint density at radius 1 is 1.18 bits per heavy atom. The van der Waals surface area contributed by atoms with Crippen molar-refractivity contribution in [1.82, 2.24) is 10.6 Å². The number of amides is 1. The number of carbonyl (C=O) groups is 2. The Bertz CT molecular complexity index is 1140. The zero-order valence-corrected chi connectivity index (χ0v) is 26.0. The maximum Gasteiger partial charge on any atom is 0.414 e. The Morgan fingerprint density at radius 3 is 2.23 bits per heavy atom. The van der Waals surface area contributed by atoms with E-state index in [0.717, 1.165) is 12.8 Å². The van der Waals surface area contributed by atoms with Crippen LogP contribution in [-0.4, -0.2) is 54.1 Å². The minimum atomic E-state index is -2.12. The number of halogens is 1. The number of aliphatic carboxylic acids is 1. The average Bonchev–Trinajstić information content (AvgIpc) is 3.48. The number of hydrogen-bond acceptors (Lipinski definition) is 7. The van der Waals surface area contributed by atoms with Gasteiger partial charge in [0.25, 0.3) is 5.69 Å². The fourth-order valence-electron chi connectivity index (χ4n) is 3.72. The van der Waals surface area contributed by atoms with Gasteiger partial charge in [0.2, 0.25) is 5.96 Å². The minimum absolute atomic E-state index is 0.0129. The van der Waals surface area contributed by atoms with E-state index in [-0.39, 0.29) is 33.8 Å². The van der Waals surface area contributed by atoms with Gasteiger partial charge in [-0.15, -0.1) is 0 Å². The number of nitro groups is 1. The van der Waals surface area contributed by atoms with Crippen molar-refractivity contribution in [1.29, 1.82) is 0 Å². The van der Waals surface area contributed by atoms with Crippen molar-refractivity contribution < 1.29 is 28.8 Å². The number of hydrogen-bond donors (Lipinski definition) is 3. The largest absolute Gasteiger partial charge is 0.481 e. The molecule has 39 heavy (non-hydrogen) atoms. The molecule has 0 aliphatic heterocycles. The quantitative estimate of drug-likeness (QED) is 0.106. The highest BCUT2D eigenvalue weighted by Crippen LogP contribution is 2.48. The lowest BCUT2D eigenvalue weighted by molar-refractivity contribution is -0.384. The summed E-state index contributed by atoms with van der Waals surface area (Å²) in [5.74, 6) is -1.25. The fraction of sp³-hybridized carbons (Fsp3) is 0.654. The van der Waals surface area contributed by atoms with E-state index in [4.69, 9.17) is 20.8 Å². The molecule has 1 amide bonds. The Hall–Kier alpha value is -2.70. The molecule has 0 unspecified atom stereocenters. The predicted molar refractivity (Wildman–Crippen MR) is 153 cm³/mol. The first-order valence-electron chi connectivity index (χ1n) is 12.8. The van der Waals surface area contributed by atoms with Crippen molar-refractivity contribution in [3.63, 3.8) is 0 Å². The van der Waals surface area contributed by atoms with E-state index < -0.39 is 48.5 Å². The second kappa shape index (κ2) is 11.4. The number of nitro benzene ring substituents is 1. The first kappa shape index (κ1) is 32.5. The first-order valence-corrected chi connectivity index (χ1v) is 16.1. The van der Waals surface area contributed by atoms with Crippen LogP contribution in [0, 0.1) is 10.1 Å². The molecule has 1 aliphatic carbocycles. The Balaban J connectivity index is 2.50. The van der Waals surface area contributed by atoms with Crippen LogP contribution in [0.5, 0.6) is 0 Å². The van der Waals surface area contributed by atoms with E-state index >= 15 is 0 Å². The van der Waals surface area contributed by atoms with E-state index in [0.29, 0.717) is 0 Å². The summed E-state index contributed by atoms with van der Waals surface area (Å²) < 4.78 is 12.0. The molecule has 218 valence electrons. The van der Waals surface area contributed by atoms with Gasteiger partial charge in [-0.3, -0.25) is 20.2 Å². The van der Waals surface area contributed by atoms with Crippen LogP contribution in [0.4, 0.5) is 10.5 Å². The molecule has 1 fully saturated rings. The van der Waals surface area contributed by atoms with Gasteiger partial charge in [-0.1, -0.05) is 44.5 Å². The zero-order valence-electron chi connectivity index (χ0n) is 24.2. The van der Waals surface area contributed by atoms with Gasteiger partial charge in [-0.05, 0) is 58.7 Å². The van der Waals surface area contributed by atoms with Crippen LogP contribution in [-0.2, 0) is 19.5 Å². The molecule has 0 heterocycles. The lowest BCUT2D eigenvalue weighted by Gasteiger charge is -2.39. The van der Waals surface area contributed by atoms with Gasteiger partial charge in [0.05, 0.1) is 29.0 Å². The number of alkyl carbamates (subject to hydrolysis) is 1. The van der Waals surface area contributed by atoms with Gasteiger partial charge < -0.3 is 19.6 Å². The minimum Gasteiger partial charge on any atom is -0.481 e. The Morgan fingerprint density at radius 2 is 1.77 bits per heavy atom. The van der Waals surface area contributed by atoms with Gasteiger partial charge in [-0.2, -0.15) is 0 Å². The third kappa shape index (κ3) is 8.90. The molecule has 2 rings (SSSR count). The topological polar surface area (TPSA) is 152 Å². The molecule has 0 radical (unpaired) electrons. The summed E-state index contributed by atoms with van der Waals surface area (Å²) in [7, 11) is -2.12. The van der Waals surface area contributed by atoms with Crippen LogP contribution in [0.15, 0.2) is 23.2 Å². The molecule has 3 N–H and O–H groups in total. The number of benzene rings is 1. The molecular formula is C26H41ClN4O7Si. The van der Waals surface area contributed by atoms with Crippen LogP contribution in [0.25, 0.3) is 0 Å². The van der Waals surface area contributed by atoms with Gasteiger partial charge in [0.1, 0.15) is 10.6 Å². The number of aliphatic imine (C=N–C) groups is 1. The monoisotopic (exact) mass is 584 g/mol. The van der Waals surface area contributed by atoms with Crippen molar-refractivity contribution >= 4 is 43.6 Å². The molecule has 1 aromatic carbocycles. The molecule has 1 aliphatic rings. The van der Waals surface area contributed by atoms with Crippen LogP contribution >= 0.6 is 11.6 Å². The summed E-state index contributed by atoms with van der Waals surface area (Å²) in [6, 6.07) is 4.15.